The summed E-state index contributed by atoms with van der Waals surface area (Å²) in [4.78, 5) is 27.2. The second-order valence-corrected chi connectivity index (χ2v) is 5.84. The predicted molar refractivity (Wildman–Crippen MR) is 88.5 cm³/mol. The van der Waals surface area contributed by atoms with E-state index in [0.717, 1.165) is 6.07 Å². The summed E-state index contributed by atoms with van der Waals surface area (Å²) in [5.41, 5.74) is 0.477. The molecule has 0 spiro atoms. The summed E-state index contributed by atoms with van der Waals surface area (Å²) in [5, 5.41) is 11.8. The van der Waals surface area contributed by atoms with Gasteiger partial charge in [0.15, 0.2) is 11.5 Å². The average Bonchev–Trinajstić information content (AvgIpc) is 3.23. The summed E-state index contributed by atoms with van der Waals surface area (Å²) in [6.45, 7) is -0.210. The van der Waals surface area contributed by atoms with Gasteiger partial charge >= 0.3 is 5.97 Å². The Hall–Kier alpha value is -3.33. The number of nitro groups is 1. The predicted octanol–water partition coefficient (Wildman–Crippen LogP) is 2.98. The number of hydrogen-bond donors (Lipinski definition) is 0. The fourth-order valence-corrected chi connectivity index (χ4v) is 2.72. The van der Waals surface area contributed by atoms with E-state index in [0.29, 0.717) is 16.4 Å². The molecule has 1 aliphatic heterocycles. The largest absolute Gasteiger partial charge is 0.455 e. The number of aromatic nitrogens is 2. The minimum absolute atomic E-state index is 0.0607. The first kappa shape index (κ1) is 16.2. The third kappa shape index (κ3) is 2.88. The van der Waals surface area contributed by atoms with Crippen LogP contribution in [0.25, 0.3) is 5.65 Å². The lowest BCUT2D eigenvalue weighted by Crippen LogP contribution is -2.08. The van der Waals surface area contributed by atoms with Gasteiger partial charge in [0.2, 0.25) is 6.79 Å². The molecular formula is C16H10ClN3O6. The Bertz CT molecular complexity index is 1050. The molecule has 10 heteroatoms. The molecule has 26 heavy (non-hydrogen) atoms. The molecule has 9 nitrogen and oxygen atoms in total. The van der Waals surface area contributed by atoms with E-state index in [1.165, 1.54) is 6.07 Å². The van der Waals surface area contributed by atoms with Gasteiger partial charge in [0.05, 0.1) is 21.7 Å². The molecule has 0 radical (unpaired) electrons. The number of carbonyl (C=O) groups excluding carboxylic acids is 1. The quantitative estimate of drug-likeness (QED) is 0.392. The van der Waals surface area contributed by atoms with Crippen LogP contribution in [0.2, 0.25) is 5.02 Å². The minimum atomic E-state index is -0.856. The molecule has 1 aromatic carbocycles. The number of nitro benzene ring substituents is 1. The van der Waals surface area contributed by atoms with E-state index >= 15 is 0 Å². The Balaban J connectivity index is 1.57. The number of nitrogens with zero attached hydrogens (tertiary/aromatic N) is 3. The van der Waals surface area contributed by atoms with Gasteiger partial charge in [-0.1, -0.05) is 11.6 Å². The molecular weight excluding hydrogens is 366 g/mol. The van der Waals surface area contributed by atoms with Crippen molar-refractivity contribution in [3.05, 3.63) is 63.1 Å². The molecule has 0 unspecified atom stereocenters. The van der Waals surface area contributed by atoms with Gasteiger partial charge in [-0.05, 0) is 12.1 Å². The van der Waals surface area contributed by atoms with Crippen molar-refractivity contribution in [2.75, 3.05) is 6.79 Å². The first-order valence-corrected chi connectivity index (χ1v) is 7.77. The molecule has 132 valence electrons. The van der Waals surface area contributed by atoms with Crippen LogP contribution in [0.4, 0.5) is 5.69 Å². The van der Waals surface area contributed by atoms with Crippen molar-refractivity contribution >= 4 is 28.9 Å². The van der Waals surface area contributed by atoms with E-state index in [4.69, 9.17) is 25.8 Å². The topological polar surface area (TPSA) is 105 Å². The van der Waals surface area contributed by atoms with E-state index in [9.17, 15) is 14.9 Å². The highest BCUT2D eigenvalue weighted by Gasteiger charge is 2.28. The number of esters is 1. The molecule has 0 N–H and O–H groups in total. The maximum Gasteiger partial charge on any atom is 0.345 e. The average molecular weight is 376 g/mol. The summed E-state index contributed by atoms with van der Waals surface area (Å²) in [6.07, 6.45) is 3.32. The standard InChI is InChI=1S/C16H10ClN3O6/c17-9-1-2-15-18-10(6-19(15)5-9)7-24-16(21)11-3-13-14(26-8-25-13)4-12(11)20(22)23/h1-6H,7-8H2. The maximum absolute atomic E-state index is 12.3. The smallest absolute Gasteiger partial charge is 0.345 e. The summed E-state index contributed by atoms with van der Waals surface area (Å²) in [7, 11) is 0. The number of benzene rings is 1. The van der Waals surface area contributed by atoms with E-state index in [1.807, 2.05) is 0 Å². The molecule has 0 saturated heterocycles. The van der Waals surface area contributed by atoms with Crippen molar-refractivity contribution in [1.29, 1.82) is 0 Å². The molecule has 0 fully saturated rings. The molecule has 0 amide bonds. The molecule has 0 saturated carbocycles. The highest BCUT2D eigenvalue weighted by Crippen LogP contribution is 2.38. The lowest BCUT2D eigenvalue weighted by molar-refractivity contribution is -0.385. The van der Waals surface area contributed by atoms with Crippen LogP contribution in [-0.4, -0.2) is 27.1 Å². The van der Waals surface area contributed by atoms with Crippen LogP contribution in [0.15, 0.2) is 36.7 Å². The van der Waals surface area contributed by atoms with E-state index in [1.54, 1.807) is 28.9 Å². The van der Waals surface area contributed by atoms with Crippen molar-refractivity contribution in [2.24, 2.45) is 0 Å². The lowest BCUT2D eigenvalue weighted by Gasteiger charge is -2.05. The Morgan fingerprint density at radius 3 is 2.85 bits per heavy atom. The maximum atomic E-state index is 12.3. The van der Waals surface area contributed by atoms with Crippen molar-refractivity contribution in [1.82, 2.24) is 9.38 Å². The van der Waals surface area contributed by atoms with Gasteiger partial charge in [-0.25, -0.2) is 9.78 Å². The molecule has 3 heterocycles. The fraction of sp³-hybridized carbons (Fsp3) is 0.125. The van der Waals surface area contributed by atoms with Crippen LogP contribution in [0.3, 0.4) is 0 Å². The molecule has 0 aliphatic carbocycles. The van der Waals surface area contributed by atoms with Crippen LogP contribution in [-0.2, 0) is 11.3 Å². The Morgan fingerprint density at radius 1 is 1.31 bits per heavy atom. The summed E-state index contributed by atoms with van der Waals surface area (Å²) >= 11 is 5.91. The van der Waals surface area contributed by atoms with Crippen LogP contribution in [0.5, 0.6) is 11.5 Å². The SMILES string of the molecule is O=C(OCc1cn2cc(Cl)ccc2n1)c1cc2c(cc1[N+](=O)[O-])OCO2. The zero-order valence-electron chi connectivity index (χ0n) is 13.0. The van der Waals surface area contributed by atoms with Gasteiger partial charge in [0.25, 0.3) is 5.69 Å². The highest BCUT2D eigenvalue weighted by molar-refractivity contribution is 6.30. The fourth-order valence-electron chi connectivity index (χ4n) is 2.55. The molecule has 0 bridgehead atoms. The van der Waals surface area contributed by atoms with Gasteiger partial charge in [-0.3, -0.25) is 10.1 Å². The first-order chi connectivity index (χ1) is 12.5. The Kier molecular flexibility index (Phi) is 3.85. The number of pyridine rings is 1. The zero-order valence-corrected chi connectivity index (χ0v) is 13.8. The van der Waals surface area contributed by atoms with Crippen molar-refractivity contribution in [2.45, 2.75) is 6.61 Å². The van der Waals surface area contributed by atoms with Crippen LogP contribution >= 0.6 is 11.6 Å². The monoisotopic (exact) mass is 375 g/mol. The van der Waals surface area contributed by atoms with E-state index in [-0.39, 0.29) is 30.5 Å². The van der Waals surface area contributed by atoms with Crippen LogP contribution < -0.4 is 9.47 Å². The minimum Gasteiger partial charge on any atom is -0.455 e. The van der Waals surface area contributed by atoms with Crippen molar-refractivity contribution in [3.8, 4) is 11.5 Å². The zero-order chi connectivity index (χ0) is 18.3. The van der Waals surface area contributed by atoms with Gasteiger partial charge in [-0.15, -0.1) is 0 Å². The molecule has 3 aromatic rings. The van der Waals surface area contributed by atoms with E-state index < -0.39 is 16.6 Å². The Morgan fingerprint density at radius 2 is 2.08 bits per heavy atom. The third-order valence-electron chi connectivity index (χ3n) is 3.72. The van der Waals surface area contributed by atoms with Gasteiger partial charge < -0.3 is 18.6 Å². The van der Waals surface area contributed by atoms with Crippen LogP contribution in [0, 0.1) is 10.1 Å². The number of halogens is 1. The highest BCUT2D eigenvalue weighted by atomic mass is 35.5. The molecule has 2 aromatic heterocycles. The number of hydrogen-bond acceptors (Lipinski definition) is 7. The lowest BCUT2D eigenvalue weighted by atomic mass is 10.1. The molecule has 4 rings (SSSR count). The summed E-state index contributed by atoms with van der Waals surface area (Å²) in [5.74, 6) is -0.388. The number of rotatable bonds is 4. The van der Waals surface area contributed by atoms with Gasteiger partial charge in [-0.2, -0.15) is 0 Å². The summed E-state index contributed by atoms with van der Waals surface area (Å²) in [6, 6.07) is 5.80. The van der Waals surface area contributed by atoms with Crippen molar-refractivity contribution in [3.63, 3.8) is 0 Å². The van der Waals surface area contributed by atoms with Gasteiger partial charge in [0.1, 0.15) is 17.8 Å². The second-order valence-electron chi connectivity index (χ2n) is 5.40. The number of imidazole rings is 1. The number of carbonyl (C=O) groups is 1. The van der Waals surface area contributed by atoms with E-state index in [2.05, 4.69) is 4.98 Å². The first-order valence-electron chi connectivity index (χ1n) is 7.39. The number of fused-ring (bicyclic) bond motifs is 2. The molecule has 0 atom stereocenters. The van der Waals surface area contributed by atoms with Gasteiger partial charge in [0, 0.05) is 18.5 Å². The second kappa shape index (κ2) is 6.19. The normalized spacial score (nSPS) is 12.3. The summed E-state index contributed by atoms with van der Waals surface area (Å²) < 4.78 is 17.1. The third-order valence-corrected chi connectivity index (χ3v) is 3.95. The van der Waals surface area contributed by atoms with Crippen LogP contribution in [0.1, 0.15) is 16.1 Å². The Labute approximate surface area is 150 Å². The van der Waals surface area contributed by atoms with Crippen molar-refractivity contribution < 1.29 is 23.9 Å². The number of ether oxygens (including phenoxy) is 3. The molecule has 1 aliphatic rings.